The monoisotopic (exact) mass is 174 g/mol. The van der Waals surface area contributed by atoms with E-state index in [1.165, 1.54) is 0 Å². The van der Waals surface area contributed by atoms with Crippen molar-refractivity contribution in [3.05, 3.63) is 11.2 Å². The molecule has 0 saturated heterocycles. The molecule has 0 spiro atoms. The number of rotatable bonds is 3. The van der Waals surface area contributed by atoms with Gasteiger partial charge in [-0.2, -0.15) is 0 Å². The van der Waals surface area contributed by atoms with Gasteiger partial charge in [0.2, 0.25) is 0 Å². The number of hydrogen-bond acceptors (Lipinski definition) is 3. The molecule has 0 radical (unpaired) electrons. The standard InChI is InChI=1S/C8H14O2S/c1-3-11-8-6-4-5-7(9-2)10-8/h6-7H,3-5H2,1-2H3. The van der Waals surface area contributed by atoms with Crippen molar-refractivity contribution in [3.63, 3.8) is 0 Å². The molecule has 64 valence electrons. The summed E-state index contributed by atoms with van der Waals surface area (Å²) in [6.07, 6.45) is 4.16. The van der Waals surface area contributed by atoms with Crippen LogP contribution in [0.1, 0.15) is 19.8 Å². The summed E-state index contributed by atoms with van der Waals surface area (Å²) in [5, 5.41) is 1.02. The number of ether oxygens (including phenoxy) is 2. The Hall–Kier alpha value is -0.150. The van der Waals surface area contributed by atoms with E-state index >= 15 is 0 Å². The van der Waals surface area contributed by atoms with Crippen LogP contribution in [0.2, 0.25) is 0 Å². The lowest BCUT2D eigenvalue weighted by molar-refractivity contribution is -0.0958. The van der Waals surface area contributed by atoms with Crippen molar-refractivity contribution in [3.8, 4) is 0 Å². The van der Waals surface area contributed by atoms with E-state index in [4.69, 9.17) is 9.47 Å². The normalized spacial score (nSPS) is 24.2. The van der Waals surface area contributed by atoms with E-state index < -0.39 is 0 Å². The van der Waals surface area contributed by atoms with Crippen LogP contribution >= 0.6 is 11.8 Å². The number of hydrogen-bond donors (Lipinski definition) is 0. The molecule has 1 aliphatic heterocycles. The zero-order chi connectivity index (χ0) is 8.10. The minimum atomic E-state index is -0.0194. The van der Waals surface area contributed by atoms with Crippen LogP contribution in [0.3, 0.4) is 0 Å². The second-order valence-electron chi connectivity index (χ2n) is 2.32. The van der Waals surface area contributed by atoms with Crippen LogP contribution in [0.25, 0.3) is 0 Å². The molecule has 0 bridgehead atoms. The molecule has 1 heterocycles. The van der Waals surface area contributed by atoms with Crippen molar-refractivity contribution in [1.29, 1.82) is 0 Å². The van der Waals surface area contributed by atoms with E-state index in [0.29, 0.717) is 0 Å². The molecule has 0 amide bonds. The van der Waals surface area contributed by atoms with Gasteiger partial charge in [0.25, 0.3) is 0 Å². The number of methoxy groups -OCH3 is 1. The number of thioether (sulfide) groups is 1. The summed E-state index contributed by atoms with van der Waals surface area (Å²) in [4.78, 5) is 0. The first kappa shape index (κ1) is 8.94. The fourth-order valence-corrected chi connectivity index (χ4v) is 1.67. The summed E-state index contributed by atoms with van der Waals surface area (Å²) in [6, 6.07) is 0. The molecule has 1 unspecified atom stereocenters. The molecule has 11 heavy (non-hydrogen) atoms. The van der Waals surface area contributed by atoms with Crippen LogP contribution in [0.15, 0.2) is 11.2 Å². The van der Waals surface area contributed by atoms with Crippen molar-refractivity contribution >= 4 is 11.8 Å². The predicted molar refractivity (Wildman–Crippen MR) is 47.3 cm³/mol. The molecule has 0 aromatic rings. The summed E-state index contributed by atoms with van der Waals surface area (Å²) in [6.45, 7) is 2.12. The Morgan fingerprint density at radius 3 is 3.27 bits per heavy atom. The van der Waals surface area contributed by atoms with Gasteiger partial charge < -0.3 is 9.47 Å². The average molecular weight is 174 g/mol. The van der Waals surface area contributed by atoms with E-state index in [0.717, 1.165) is 23.7 Å². The molecule has 0 saturated carbocycles. The quantitative estimate of drug-likeness (QED) is 0.654. The first-order valence-corrected chi connectivity index (χ1v) is 4.87. The average Bonchev–Trinajstić information content (AvgIpc) is 2.06. The van der Waals surface area contributed by atoms with Crippen molar-refractivity contribution < 1.29 is 9.47 Å². The van der Waals surface area contributed by atoms with Gasteiger partial charge in [0.15, 0.2) is 11.4 Å². The van der Waals surface area contributed by atoms with Gasteiger partial charge in [0, 0.05) is 13.5 Å². The highest BCUT2D eigenvalue weighted by Crippen LogP contribution is 2.25. The van der Waals surface area contributed by atoms with Gasteiger partial charge in [0.1, 0.15) is 0 Å². The minimum Gasteiger partial charge on any atom is -0.459 e. The molecule has 1 atom stereocenters. The maximum absolute atomic E-state index is 5.48. The fourth-order valence-electron chi connectivity index (χ4n) is 0.975. The van der Waals surface area contributed by atoms with Gasteiger partial charge >= 0.3 is 0 Å². The van der Waals surface area contributed by atoms with Gasteiger partial charge in [-0.1, -0.05) is 18.7 Å². The Labute approximate surface area is 71.9 Å². The Bertz CT molecular complexity index is 145. The summed E-state index contributed by atoms with van der Waals surface area (Å²) in [7, 11) is 1.68. The van der Waals surface area contributed by atoms with Gasteiger partial charge in [-0.25, -0.2) is 0 Å². The first-order chi connectivity index (χ1) is 5.36. The van der Waals surface area contributed by atoms with E-state index in [9.17, 15) is 0 Å². The highest BCUT2D eigenvalue weighted by molar-refractivity contribution is 8.02. The van der Waals surface area contributed by atoms with Gasteiger partial charge in [-0.15, -0.1) is 0 Å². The third-order valence-corrected chi connectivity index (χ3v) is 2.35. The largest absolute Gasteiger partial charge is 0.459 e. The van der Waals surface area contributed by atoms with Crippen LogP contribution in [-0.2, 0) is 9.47 Å². The third kappa shape index (κ3) is 2.75. The molecular formula is C8H14O2S. The van der Waals surface area contributed by atoms with E-state index in [1.807, 2.05) is 0 Å². The fraction of sp³-hybridized carbons (Fsp3) is 0.750. The lowest BCUT2D eigenvalue weighted by atomic mass is 10.3. The zero-order valence-electron chi connectivity index (χ0n) is 7.00. The molecule has 3 heteroatoms. The maximum atomic E-state index is 5.48. The molecular weight excluding hydrogens is 160 g/mol. The van der Waals surface area contributed by atoms with Gasteiger partial charge in [0.05, 0.1) is 0 Å². The molecule has 0 aromatic carbocycles. The summed E-state index contributed by atoms with van der Waals surface area (Å²) >= 11 is 1.73. The van der Waals surface area contributed by atoms with Crippen LogP contribution in [0.4, 0.5) is 0 Å². The molecule has 0 aromatic heterocycles. The zero-order valence-corrected chi connectivity index (χ0v) is 7.82. The SMILES string of the molecule is CCSC1=CCCC(OC)O1. The van der Waals surface area contributed by atoms with Crippen molar-refractivity contribution in [2.24, 2.45) is 0 Å². The first-order valence-electron chi connectivity index (χ1n) is 3.89. The predicted octanol–water partition coefficient (Wildman–Crippen LogP) is 2.36. The summed E-state index contributed by atoms with van der Waals surface area (Å²) < 4.78 is 10.6. The Balaban J connectivity index is 2.35. The maximum Gasteiger partial charge on any atom is 0.200 e. The molecule has 0 fully saturated rings. The van der Waals surface area contributed by atoms with E-state index in [2.05, 4.69) is 13.0 Å². The third-order valence-electron chi connectivity index (χ3n) is 1.51. The molecule has 2 nitrogen and oxygen atoms in total. The van der Waals surface area contributed by atoms with Crippen LogP contribution in [0.5, 0.6) is 0 Å². The Kier molecular flexibility index (Phi) is 3.80. The lowest BCUT2D eigenvalue weighted by Crippen LogP contribution is -2.17. The van der Waals surface area contributed by atoms with Gasteiger partial charge in [-0.05, 0) is 18.2 Å². The summed E-state index contributed by atoms with van der Waals surface area (Å²) in [5.74, 6) is 1.06. The smallest absolute Gasteiger partial charge is 0.200 e. The van der Waals surface area contributed by atoms with Crippen molar-refractivity contribution in [1.82, 2.24) is 0 Å². The highest BCUT2D eigenvalue weighted by Gasteiger charge is 2.14. The van der Waals surface area contributed by atoms with Crippen LogP contribution in [-0.4, -0.2) is 19.2 Å². The van der Waals surface area contributed by atoms with Crippen molar-refractivity contribution in [2.75, 3.05) is 12.9 Å². The van der Waals surface area contributed by atoms with Crippen LogP contribution in [0, 0.1) is 0 Å². The summed E-state index contributed by atoms with van der Waals surface area (Å²) in [5.41, 5.74) is 0. The lowest BCUT2D eigenvalue weighted by Gasteiger charge is -2.22. The molecule has 1 rings (SSSR count). The van der Waals surface area contributed by atoms with E-state index in [-0.39, 0.29) is 6.29 Å². The van der Waals surface area contributed by atoms with Crippen LogP contribution < -0.4 is 0 Å². The Morgan fingerprint density at radius 1 is 1.82 bits per heavy atom. The molecule has 0 aliphatic carbocycles. The highest BCUT2D eigenvalue weighted by atomic mass is 32.2. The Morgan fingerprint density at radius 2 is 2.64 bits per heavy atom. The second kappa shape index (κ2) is 4.67. The minimum absolute atomic E-state index is 0.0194. The topological polar surface area (TPSA) is 18.5 Å². The second-order valence-corrected chi connectivity index (χ2v) is 3.59. The molecule has 1 aliphatic rings. The molecule has 0 N–H and O–H groups in total. The van der Waals surface area contributed by atoms with E-state index in [1.54, 1.807) is 18.9 Å². The number of allylic oxidation sites excluding steroid dienone is 1. The van der Waals surface area contributed by atoms with Gasteiger partial charge in [-0.3, -0.25) is 0 Å². The van der Waals surface area contributed by atoms with Crippen molar-refractivity contribution in [2.45, 2.75) is 26.1 Å².